The molecule has 210 valence electrons. The molecule has 38 heavy (non-hydrogen) atoms. The number of hydrogen-bond donors (Lipinski definition) is 1. The van der Waals surface area contributed by atoms with Gasteiger partial charge in [-0.25, -0.2) is 14.8 Å². The number of likely N-dealkylation sites (tertiary alicyclic amines) is 1. The van der Waals surface area contributed by atoms with E-state index < -0.39 is 36.1 Å². The minimum absolute atomic E-state index is 0.0699. The lowest BCUT2D eigenvalue weighted by atomic mass is 9.81. The van der Waals surface area contributed by atoms with Crippen LogP contribution in [0.2, 0.25) is 0 Å². The summed E-state index contributed by atoms with van der Waals surface area (Å²) in [5.41, 5.74) is -0.694. The molecule has 1 aliphatic carbocycles. The van der Waals surface area contributed by atoms with Crippen LogP contribution in [-0.2, 0) is 18.8 Å². The van der Waals surface area contributed by atoms with Crippen LogP contribution in [0.3, 0.4) is 0 Å². The van der Waals surface area contributed by atoms with Crippen molar-refractivity contribution in [1.29, 1.82) is 0 Å². The number of carbonyl (C=O) groups is 2. The normalized spacial score (nSPS) is 23.5. The molecule has 0 unspecified atom stereocenters. The van der Waals surface area contributed by atoms with Crippen LogP contribution < -0.4 is 15.7 Å². The SMILES string of the molecule is CC(C)[C@H](NC(=O)OC(C)(C)C)C(=O)N1CC[C@@H](N(c2ncc(B3OC(C)(C)C(C)(C)O3)cn2)C2CC2)C1. The van der Waals surface area contributed by atoms with Crippen molar-refractivity contribution in [3.8, 4) is 0 Å². The average molecular weight is 529 g/mol. The summed E-state index contributed by atoms with van der Waals surface area (Å²) in [6.07, 6.45) is 6.00. The van der Waals surface area contributed by atoms with Gasteiger partial charge in [-0.3, -0.25) is 4.79 Å². The summed E-state index contributed by atoms with van der Waals surface area (Å²) in [6, 6.07) is -0.157. The molecule has 0 bridgehead atoms. The standard InChI is InChI=1S/C27H44BN5O5/c1-17(2)21(31-24(35)36-25(3,4)5)22(34)32-13-12-20(16-32)33(19-10-11-19)23-29-14-18(15-30-23)28-37-26(6,7)27(8,9)38-28/h14-15,17,19-21H,10-13,16H2,1-9H3,(H,31,35)/t20-,21+/m1/s1. The van der Waals surface area contributed by atoms with Crippen molar-refractivity contribution in [2.45, 2.75) is 117 Å². The molecule has 0 spiro atoms. The molecule has 2 amide bonds. The molecule has 3 aliphatic rings. The van der Waals surface area contributed by atoms with E-state index in [1.165, 1.54) is 0 Å². The number of rotatable bonds is 7. The fraction of sp³-hybridized carbons (Fsp3) is 0.778. The molecule has 2 aliphatic heterocycles. The van der Waals surface area contributed by atoms with E-state index in [1.54, 1.807) is 33.2 Å². The van der Waals surface area contributed by atoms with Crippen LogP contribution in [0, 0.1) is 5.92 Å². The molecule has 1 saturated carbocycles. The molecule has 0 aromatic carbocycles. The fourth-order valence-electron chi connectivity index (χ4n) is 4.86. The van der Waals surface area contributed by atoms with Crippen molar-refractivity contribution in [1.82, 2.24) is 20.2 Å². The minimum Gasteiger partial charge on any atom is -0.444 e. The van der Waals surface area contributed by atoms with Crippen molar-refractivity contribution >= 4 is 30.5 Å². The van der Waals surface area contributed by atoms with Crippen LogP contribution in [0.15, 0.2) is 12.4 Å². The second kappa shape index (κ2) is 10.3. The number of alkyl carbamates (subject to hydrolysis) is 1. The maximum atomic E-state index is 13.5. The van der Waals surface area contributed by atoms with Crippen LogP contribution in [0.1, 0.15) is 81.6 Å². The first-order chi connectivity index (χ1) is 17.6. The van der Waals surface area contributed by atoms with Crippen LogP contribution >= 0.6 is 0 Å². The number of nitrogens with one attached hydrogen (secondary N) is 1. The highest BCUT2D eigenvalue weighted by Crippen LogP contribution is 2.37. The van der Waals surface area contributed by atoms with Crippen LogP contribution in [-0.4, -0.2) is 82.0 Å². The third-order valence-corrected chi connectivity index (χ3v) is 7.83. The molecule has 10 nitrogen and oxygen atoms in total. The van der Waals surface area contributed by atoms with Crippen LogP contribution in [0.5, 0.6) is 0 Å². The van der Waals surface area contributed by atoms with Gasteiger partial charge in [0.25, 0.3) is 0 Å². The van der Waals surface area contributed by atoms with Crippen molar-refractivity contribution in [3.05, 3.63) is 12.4 Å². The number of anilines is 1. The summed E-state index contributed by atoms with van der Waals surface area (Å²) >= 11 is 0. The zero-order valence-electron chi connectivity index (χ0n) is 24.4. The second-order valence-electron chi connectivity index (χ2n) is 13.1. The van der Waals surface area contributed by atoms with Gasteiger partial charge in [0.05, 0.1) is 17.2 Å². The molecule has 2 atom stereocenters. The fourth-order valence-corrected chi connectivity index (χ4v) is 4.86. The molecule has 3 heterocycles. The van der Waals surface area contributed by atoms with Crippen molar-refractivity contribution in [3.63, 3.8) is 0 Å². The zero-order valence-corrected chi connectivity index (χ0v) is 24.4. The molecule has 2 saturated heterocycles. The van der Waals surface area contributed by atoms with Crippen molar-refractivity contribution in [2.75, 3.05) is 18.0 Å². The van der Waals surface area contributed by atoms with E-state index in [-0.39, 0.29) is 17.9 Å². The molecule has 4 rings (SSSR count). The maximum Gasteiger partial charge on any atom is 0.498 e. The van der Waals surface area contributed by atoms with Gasteiger partial charge in [-0.2, -0.15) is 0 Å². The Morgan fingerprint density at radius 1 is 1.08 bits per heavy atom. The largest absolute Gasteiger partial charge is 0.498 e. The molecule has 11 heteroatoms. The van der Waals surface area contributed by atoms with Gasteiger partial charge in [-0.1, -0.05) is 13.8 Å². The predicted molar refractivity (Wildman–Crippen MR) is 146 cm³/mol. The van der Waals surface area contributed by atoms with E-state index >= 15 is 0 Å². The first-order valence-electron chi connectivity index (χ1n) is 13.8. The molecule has 3 fully saturated rings. The summed E-state index contributed by atoms with van der Waals surface area (Å²) in [5, 5.41) is 2.79. The smallest absolute Gasteiger partial charge is 0.444 e. The summed E-state index contributed by atoms with van der Waals surface area (Å²) in [4.78, 5) is 39.4. The summed E-state index contributed by atoms with van der Waals surface area (Å²) in [5.74, 6) is 0.514. The number of carbonyl (C=O) groups excluding carboxylic acids is 2. The Labute approximate surface area is 227 Å². The van der Waals surface area contributed by atoms with E-state index in [2.05, 4.69) is 10.2 Å². The number of hydrogen-bond acceptors (Lipinski definition) is 8. The van der Waals surface area contributed by atoms with Gasteiger partial charge in [0.1, 0.15) is 11.6 Å². The third kappa shape index (κ3) is 6.25. The van der Waals surface area contributed by atoms with Gasteiger partial charge < -0.3 is 29.2 Å². The van der Waals surface area contributed by atoms with Gasteiger partial charge >= 0.3 is 13.2 Å². The maximum absolute atomic E-state index is 13.5. The Balaban J connectivity index is 1.42. The summed E-state index contributed by atoms with van der Waals surface area (Å²) < 4.78 is 17.7. The Hall–Kier alpha value is -2.40. The van der Waals surface area contributed by atoms with Gasteiger partial charge in [0.15, 0.2) is 0 Å². The van der Waals surface area contributed by atoms with E-state index in [9.17, 15) is 9.59 Å². The molecule has 1 aromatic rings. The first kappa shape index (κ1) is 28.6. The first-order valence-corrected chi connectivity index (χ1v) is 13.8. The Morgan fingerprint density at radius 3 is 2.16 bits per heavy atom. The molecule has 0 radical (unpaired) electrons. The van der Waals surface area contributed by atoms with Gasteiger partial charge in [0.2, 0.25) is 11.9 Å². The highest BCUT2D eigenvalue weighted by atomic mass is 16.7. The summed E-state index contributed by atoms with van der Waals surface area (Å²) in [7, 11) is -0.506. The average Bonchev–Trinajstić information content (AvgIpc) is 3.45. The van der Waals surface area contributed by atoms with E-state index in [0.29, 0.717) is 25.1 Å². The predicted octanol–water partition coefficient (Wildman–Crippen LogP) is 2.89. The highest BCUT2D eigenvalue weighted by Gasteiger charge is 2.52. The van der Waals surface area contributed by atoms with E-state index in [1.807, 2.05) is 46.4 Å². The quantitative estimate of drug-likeness (QED) is 0.538. The lowest BCUT2D eigenvalue weighted by molar-refractivity contribution is -0.133. The number of aromatic nitrogens is 2. The molecule has 1 N–H and O–H groups in total. The Morgan fingerprint density at radius 2 is 1.66 bits per heavy atom. The Bertz CT molecular complexity index is 1010. The number of ether oxygens (including phenoxy) is 1. The van der Waals surface area contributed by atoms with Crippen LogP contribution in [0.25, 0.3) is 0 Å². The third-order valence-electron chi connectivity index (χ3n) is 7.83. The lowest BCUT2D eigenvalue weighted by Crippen LogP contribution is -2.52. The zero-order chi connectivity index (χ0) is 28.0. The lowest BCUT2D eigenvalue weighted by Gasteiger charge is -2.32. The van der Waals surface area contributed by atoms with Crippen molar-refractivity contribution < 1.29 is 23.6 Å². The minimum atomic E-state index is -0.645. The molecular weight excluding hydrogens is 485 g/mol. The number of nitrogens with zero attached hydrogens (tertiary/aromatic N) is 4. The van der Waals surface area contributed by atoms with Gasteiger partial charge in [-0.05, 0) is 73.6 Å². The summed E-state index contributed by atoms with van der Waals surface area (Å²) in [6.45, 7) is 18.6. The van der Waals surface area contributed by atoms with Crippen LogP contribution in [0.4, 0.5) is 10.7 Å². The molecule has 1 aromatic heterocycles. The monoisotopic (exact) mass is 529 g/mol. The highest BCUT2D eigenvalue weighted by molar-refractivity contribution is 6.61. The topological polar surface area (TPSA) is 106 Å². The Kier molecular flexibility index (Phi) is 7.75. The van der Waals surface area contributed by atoms with E-state index in [0.717, 1.165) is 24.7 Å². The molecular formula is C27H44BN5O5. The second-order valence-corrected chi connectivity index (χ2v) is 13.1. The van der Waals surface area contributed by atoms with Gasteiger partial charge in [0, 0.05) is 37.0 Å². The number of amides is 2. The van der Waals surface area contributed by atoms with Crippen molar-refractivity contribution in [2.24, 2.45) is 5.92 Å². The van der Waals surface area contributed by atoms with Gasteiger partial charge in [-0.15, -0.1) is 0 Å². The van der Waals surface area contributed by atoms with E-state index in [4.69, 9.17) is 24.0 Å².